The number of ether oxygens (including phenoxy) is 1. The summed E-state index contributed by atoms with van der Waals surface area (Å²) in [4.78, 5) is 14.9. The predicted octanol–water partition coefficient (Wildman–Crippen LogP) is 1.68. The number of carbonyl (C=O) groups excluding carboxylic acids is 1. The second-order valence-electron chi connectivity index (χ2n) is 3.51. The normalized spacial score (nSPS) is 13.0. The number of rotatable bonds is 2. The molecule has 12 heavy (non-hydrogen) atoms. The van der Waals surface area contributed by atoms with Crippen LogP contribution in [0.15, 0.2) is 4.99 Å². The molecule has 0 aliphatic heterocycles. The molecular formula is C8H13NO2S. The first kappa shape index (κ1) is 11.3. The van der Waals surface area contributed by atoms with Gasteiger partial charge in [-0.05, 0) is 17.6 Å². The molecule has 0 fully saturated rings. The molecule has 0 saturated carbocycles. The number of hydrogen-bond acceptors (Lipinski definition) is 4. The lowest BCUT2D eigenvalue weighted by Gasteiger charge is -2.23. The van der Waals surface area contributed by atoms with Crippen LogP contribution in [0.1, 0.15) is 20.8 Å². The fraction of sp³-hybridized carbons (Fsp3) is 0.750. The van der Waals surface area contributed by atoms with Crippen LogP contribution in [0.5, 0.6) is 0 Å². The van der Waals surface area contributed by atoms with Gasteiger partial charge >= 0.3 is 5.97 Å². The molecule has 1 atom stereocenters. The molecule has 0 bridgehead atoms. The molecule has 0 aliphatic rings. The van der Waals surface area contributed by atoms with Crippen molar-refractivity contribution in [2.45, 2.75) is 26.8 Å². The quantitative estimate of drug-likeness (QED) is 0.375. The Bertz CT molecular complexity index is 214. The monoisotopic (exact) mass is 187 g/mol. The summed E-state index contributed by atoms with van der Waals surface area (Å²) in [5.74, 6) is -0.375. The van der Waals surface area contributed by atoms with Crippen LogP contribution in [-0.2, 0) is 9.53 Å². The van der Waals surface area contributed by atoms with E-state index in [4.69, 9.17) is 0 Å². The van der Waals surface area contributed by atoms with Gasteiger partial charge in [0.2, 0.25) is 0 Å². The highest BCUT2D eigenvalue weighted by Gasteiger charge is 2.31. The molecule has 0 aliphatic carbocycles. The zero-order valence-corrected chi connectivity index (χ0v) is 8.57. The van der Waals surface area contributed by atoms with Gasteiger partial charge in [0.1, 0.15) is 0 Å². The first-order chi connectivity index (χ1) is 5.43. The lowest BCUT2D eigenvalue weighted by molar-refractivity contribution is -0.144. The van der Waals surface area contributed by atoms with Crippen LogP contribution in [0.2, 0.25) is 0 Å². The summed E-state index contributed by atoms with van der Waals surface area (Å²) in [6.07, 6.45) is 0. The standard InChI is InChI=1S/C8H13NO2S/c1-8(2,3)6(9-5-12)7(10)11-4/h6H,1-4H3/t6-/m1/s1. The first-order valence-electron chi connectivity index (χ1n) is 3.58. The van der Waals surface area contributed by atoms with Crippen LogP contribution < -0.4 is 0 Å². The van der Waals surface area contributed by atoms with Crippen molar-refractivity contribution in [3.8, 4) is 0 Å². The molecule has 0 N–H and O–H groups in total. The van der Waals surface area contributed by atoms with Gasteiger partial charge in [-0.3, -0.25) is 0 Å². The van der Waals surface area contributed by atoms with Crippen LogP contribution >= 0.6 is 12.2 Å². The number of methoxy groups -OCH3 is 1. The van der Waals surface area contributed by atoms with Crippen molar-refractivity contribution >= 4 is 23.3 Å². The Morgan fingerprint density at radius 1 is 1.58 bits per heavy atom. The Hall–Kier alpha value is -0.730. The largest absolute Gasteiger partial charge is 0.467 e. The highest BCUT2D eigenvalue weighted by molar-refractivity contribution is 7.78. The lowest BCUT2D eigenvalue weighted by Crippen LogP contribution is -2.33. The Morgan fingerprint density at radius 2 is 2.08 bits per heavy atom. The highest BCUT2D eigenvalue weighted by Crippen LogP contribution is 2.22. The SMILES string of the molecule is COC(=O)[C@@H](N=C=S)C(C)(C)C. The molecule has 0 radical (unpaired) electrons. The zero-order chi connectivity index (χ0) is 9.78. The number of aliphatic imine (C=N–C) groups is 1. The number of esters is 1. The summed E-state index contributed by atoms with van der Waals surface area (Å²) in [6.45, 7) is 5.68. The Balaban J connectivity index is 4.67. The van der Waals surface area contributed by atoms with Gasteiger partial charge in [0.25, 0.3) is 0 Å². The van der Waals surface area contributed by atoms with Gasteiger partial charge in [-0.25, -0.2) is 9.79 Å². The molecule has 0 aromatic heterocycles. The van der Waals surface area contributed by atoms with E-state index in [0.717, 1.165) is 0 Å². The zero-order valence-electron chi connectivity index (χ0n) is 7.75. The third-order valence-corrected chi connectivity index (χ3v) is 1.53. The minimum Gasteiger partial charge on any atom is -0.467 e. The fourth-order valence-electron chi connectivity index (χ4n) is 0.764. The Morgan fingerprint density at radius 3 is 2.33 bits per heavy atom. The van der Waals surface area contributed by atoms with Crippen LogP contribution in [0.25, 0.3) is 0 Å². The van der Waals surface area contributed by atoms with Crippen LogP contribution in [-0.4, -0.2) is 24.3 Å². The second-order valence-corrected chi connectivity index (χ2v) is 3.69. The van der Waals surface area contributed by atoms with E-state index in [1.165, 1.54) is 7.11 Å². The van der Waals surface area contributed by atoms with Crippen molar-refractivity contribution in [2.75, 3.05) is 7.11 Å². The Kier molecular flexibility index (Phi) is 4.07. The molecule has 0 rings (SSSR count). The summed E-state index contributed by atoms with van der Waals surface area (Å²) in [6, 6.07) is -0.556. The van der Waals surface area contributed by atoms with Crippen LogP contribution in [0, 0.1) is 5.41 Å². The maximum atomic E-state index is 11.1. The second kappa shape index (κ2) is 4.33. The van der Waals surface area contributed by atoms with Gasteiger partial charge in [0.15, 0.2) is 6.04 Å². The molecule has 0 amide bonds. The minimum atomic E-state index is -0.556. The lowest BCUT2D eigenvalue weighted by atomic mass is 9.87. The number of isothiocyanates is 1. The van der Waals surface area contributed by atoms with Crippen molar-refractivity contribution in [1.82, 2.24) is 0 Å². The number of thiocarbonyl (C=S) groups is 1. The summed E-state index contributed by atoms with van der Waals surface area (Å²) >= 11 is 4.44. The van der Waals surface area contributed by atoms with Crippen molar-refractivity contribution in [3.63, 3.8) is 0 Å². The topological polar surface area (TPSA) is 38.7 Å². The third-order valence-electron chi connectivity index (χ3n) is 1.43. The number of nitrogens with zero attached hydrogens (tertiary/aromatic N) is 1. The van der Waals surface area contributed by atoms with Gasteiger partial charge in [-0.2, -0.15) is 0 Å². The highest BCUT2D eigenvalue weighted by atomic mass is 32.1. The van der Waals surface area contributed by atoms with E-state index in [2.05, 4.69) is 27.1 Å². The van der Waals surface area contributed by atoms with E-state index in [0.29, 0.717) is 0 Å². The van der Waals surface area contributed by atoms with E-state index in [-0.39, 0.29) is 11.4 Å². The van der Waals surface area contributed by atoms with E-state index in [1.807, 2.05) is 20.8 Å². The van der Waals surface area contributed by atoms with Crippen molar-refractivity contribution in [2.24, 2.45) is 10.4 Å². The molecule has 4 heteroatoms. The summed E-state index contributed by atoms with van der Waals surface area (Å²) in [7, 11) is 1.33. The van der Waals surface area contributed by atoms with Gasteiger partial charge in [0, 0.05) is 0 Å². The molecule has 0 saturated heterocycles. The fourth-order valence-corrected chi connectivity index (χ4v) is 0.870. The van der Waals surface area contributed by atoms with E-state index < -0.39 is 6.04 Å². The average Bonchev–Trinajstić information content (AvgIpc) is 1.96. The summed E-state index contributed by atoms with van der Waals surface area (Å²) < 4.78 is 4.57. The van der Waals surface area contributed by atoms with E-state index in [9.17, 15) is 4.79 Å². The van der Waals surface area contributed by atoms with Gasteiger partial charge < -0.3 is 4.74 Å². The molecule has 0 heterocycles. The van der Waals surface area contributed by atoms with Gasteiger partial charge in [-0.15, -0.1) is 0 Å². The van der Waals surface area contributed by atoms with E-state index >= 15 is 0 Å². The third kappa shape index (κ3) is 3.11. The van der Waals surface area contributed by atoms with Crippen LogP contribution in [0.3, 0.4) is 0 Å². The average molecular weight is 187 g/mol. The Labute approximate surface area is 77.8 Å². The molecule has 68 valence electrons. The molecule has 0 aromatic rings. The number of hydrogen-bond donors (Lipinski definition) is 0. The summed E-state index contributed by atoms with van der Waals surface area (Å²) in [5.41, 5.74) is -0.279. The molecular weight excluding hydrogens is 174 g/mol. The summed E-state index contributed by atoms with van der Waals surface area (Å²) in [5, 5.41) is 2.20. The smallest absolute Gasteiger partial charge is 0.331 e. The van der Waals surface area contributed by atoms with Gasteiger partial charge in [0.05, 0.1) is 12.3 Å². The molecule has 3 nitrogen and oxygen atoms in total. The van der Waals surface area contributed by atoms with E-state index in [1.54, 1.807) is 0 Å². The maximum absolute atomic E-state index is 11.1. The maximum Gasteiger partial charge on any atom is 0.331 e. The molecule has 0 aromatic carbocycles. The van der Waals surface area contributed by atoms with Crippen LogP contribution in [0.4, 0.5) is 0 Å². The van der Waals surface area contributed by atoms with Crippen molar-refractivity contribution in [3.05, 3.63) is 0 Å². The van der Waals surface area contributed by atoms with Crippen molar-refractivity contribution < 1.29 is 9.53 Å². The minimum absolute atomic E-state index is 0.279. The van der Waals surface area contributed by atoms with Crippen molar-refractivity contribution in [1.29, 1.82) is 0 Å². The predicted molar refractivity (Wildman–Crippen MR) is 50.3 cm³/mol. The van der Waals surface area contributed by atoms with Gasteiger partial charge in [-0.1, -0.05) is 20.8 Å². The molecule has 0 unspecified atom stereocenters. The first-order valence-corrected chi connectivity index (χ1v) is 3.99. The number of carbonyl (C=O) groups is 1. The molecule has 0 spiro atoms.